The van der Waals surface area contributed by atoms with Crippen LogP contribution in [0, 0.1) is 0 Å². The highest BCUT2D eigenvalue weighted by atomic mass is 35.5. The minimum Gasteiger partial charge on any atom is -0.356 e. The highest BCUT2D eigenvalue weighted by Gasteiger charge is 2.25. The molecule has 1 amide bonds. The average Bonchev–Trinajstić information content (AvgIpc) is 2.11. The number of hydrogen-bond acceptors (Lipinski definition) is 2. The van der Waals surface area contributed by atoms with Crippen molar-refractivity contribution in [3.63, 3.8) is 0 Å². The Kier molecular flexibility index (Phi) is 10.9. The van der Waals surface area contributed by atoms with Gasteiger partial charge in [-0.3, -0.25) is 4.79 Å². The first-order chi connectivity index (χ1) is 6.95. The summed E-state index contributed by atoms with van der Waals surface area (Å²) in [6.45, 7) is 0.827. The second kappa shape index (κ2) is 9.72. The molecule has 0 rings (SSSR count). The third kappa shape index (κ3) is 13.5. The molecule has 0 aromatic carbocycles. The molecular weight excluding hydrogens is 245 g/mol. The second-order valence-electron chi connectivity index (χ2n) is 3.28. The Morgan fingerprint density at radius 2 is 1.81 bits per heavy atom. The predicted molar refractivity (Wildman–Crippen MR) is 58.7 cm³/mol. The van der Waals surface area contributed by atoms with Crippen molar-refractivity contribution in [2.24, 2.45) is 0 Å². The Hall–Kier alpha value is -0.490. The smallest absolute Gasteiger partial charge is 0.356 e. The third-order valence-corrected chi connectivity index (χ3v) is 1.79. The molecule has 0 unspecified atom stereocenters. The minimum absolute atomic E-state index is 0. The van der Waals surface area contributed by atoms with E-state index in [9.17, 15) is 18.0 Å². The molecule has 0 aliphatic carbocycles. The zero-order valence-electron chi connectivity index (χ0n) is 9.19. The van der Waals surface area contributed by atoms with Gasteiger partial charge in [-0.05, 0) is 26.4 Å². The van der Waals surface area contributed by atoms with E-state index in [1.807, 2.05) is 0 Å². The first-order valence-electron chi connectivity index (χ1n) is 4.94. The van der Waals surface area contributed by atoms with E-state index in [1.54, 1.807) is 7.05 Å². The molecule has 0 aromatic rings. The van der Waals surface area contributed by atoms with E-state index in [4.69, 9.17) is 0 Å². The summed E-state index contributed by atoms with van der Waals surface area (Å²) in [6.07, 6.45) is -3.98. The van der Waals surface area contributed by atoms with Crippen LogP contribution in [0.3, 0.4) is 0 Å². The predicted octanol–water partition coefficient (Wildman–Crippen LogP) is 1.87. The molecule has 2 N–H and O–H groups in total. The number of alkyl halides is 3. The van der Waals surface area contributed by atoms with Crippen LogP contribution in [0.2, 0.25) is 0 Å². The van der Waals surface area contributed by atoms with Crippen molar-refractivity contribution in [3.05, 3.63) is 0 Å². The highest BCUT2D eigenvalue weighted by molar-refractivity contribution is 5.85. The van der Waals surface area contributed by atoms with Crippen molar-refractivity contribution in [2.45, 2.75) is 31.9 Å². The zero-order valence-corrected chi connectivity index (χ0v) is 10.0. The van der Waals surface area contributed by atoms with Gasteiger partial charge in [0.1, 0.15) is 0 Å². The van der Waals surface area contributed by atoms with Gasteiger partial charge < -0.3 is 10.6 Å². The van der Waals surface area contributed by atoms with Crippen molar-refractivity contribution in [3.8, 4) is 0 Å². The molecule has 3 nitrogen and oxygen atoms in total. The maximum Gasteiger partial charge on any atom is 0.389 e. The molecule has 7 heteroatoms. The summed E-state index contributed by atoms with van der Waals surface area (Å²) in [4.78, 5) is 11.0. The largest absolute Gasteiger partial charge is 0.389 e. The third-order valence-electron chi connectivity index (χ3n) is 1.79. The fraction of sp³-hybridized carbons (Fsp3) is 0.889. The Balaban J connectivity index is 0. The average molecular weight is 263 g/mol. The van der Waals surface area contributed by atoms with E-state index >= 15 is 0 Å². The molecule has 0 spiro atoms. The maximum atomic E-state index is 11.7. The molecule has 0 aliphatic rings. The highest BCUT2D eigenvalue weighted by Crippen LogP contribution is 2.20. The van der Waals surface area contributed by atoms with Gasteiger partial charge in [-0.25, -0.2) is 0 Å². The first kappa shape index (κ1) is 17.9. The van der Waals surface area contributed by atoms with E-state index in [1.165, 1.54) is 0 Å². The maximum absolute atomic E-state index is 11.7. The molecule has 0 saturated heterocycles. The zero-order chi connectivity index (χ0) is 11.7. The van der Waals surface area contributed by atoms with Gasteiger partial charge in [-0.15, -0.1) is 12.4 Å². The monoisotopic (exact) mass is 262 g/mol. The summed E-state index contributed by atoms with van der Waals surface area (Å²) in [5, 5.41) is 5.33. The van der Waals surface area contributed by atoms with Gasteiger partial charge in [0.05, 0.1) is 0 Å². The van der Waals surface area contributed by atoms with Gasteiger partial charge in [0, 0.05) is 19.4 Å². The minimum atomic E-state index is -4.13. The van der Waals surface area contributed by atoms with Crippen LogP contribution < -0.4 is 10.6 Å². The molecule has 0 saturated carbocycles. The molecule has 0 heterocycles. The van der Waals surface area contributed by atoms with Gasteiger partial charge in [-0.2, -0.15) is 13.2 Å². The quantitative estimate of drug-likeness (QED) is 0.688. The van der Waals surface area contributed by atoms with Crippen LogP contribution in [-0.2, 0) is 4.79 Å². The molecule has 0 bridgehead atoms. The summed E-state index contributed by atoms with van der Waals surface area (Å²) < 4.78 is 35.1. The number of rotatable bonds is 7. The van der Waals surface area contributed by atoms with Crippen molar-refractivity contribution >= 4 is 18.3 Å². The number of amides is 1. The van der Waals surface area contributed by atoms with Gasteiger partial charge in [0.15, 0.2) is 0 Å². The summed E-state index contributed by atoms with van der Waals surface area (Å²) in [6, 6.07) is 0. The van der Waals surface area contributed by atoms with E-state index in [2.05, 4.69) is 10.6 Å². The summed E-state index contributed by atoms with van der Waals surface area (Å²) >= 11 is 0. The lowest BCUT2D eigenvalue weighted by molar-refractivity contribution is -0.136. The topological polar surface area (TPSA) is 41.1 Å². The molecule has 98 valence electrons. The normalized spacial score (nSPS) is 10.8. The molecule has 0 radical (unpaired) electrons. The van der Waals surface area contributed by atoms with Gasteiger partial charge >= 0.3 is 6.18 Å². The molecule has 16 heavy (non-hydrogen) atoms. The van der Waals surface area contributed by atoms with Crippen LogP contribution in [0.25, 0.3) is 0 Å². The van der Waals surface area contributed by atoms with E-state index in [0.717, 1.165) is 6.54 Å². The lowest BCUT2D eigenvalue weighted by atomic mass is 10.2. The Bertz CT molecular complexity index is 188. The Morgan fingerprint density at radius 1 is 1.19 bits per heavy atom. The SMILES string of the molecule is CNCCCC(=O)NCCCC(F)(F)F.Cl. The van der Waals surface area contributed by atoms with Gasteiger partial charge in [0.2, 0.25) is 5.91 Å². The number of halogens is 4. The van der Waals surface area contributed by atoms with Crippen LogP contribution >= 0.6 is 12.4 Å². The summed E-state index contributed by atoms with van der Waals surface area (Å²) in [5.74, 6) is -0.188. The summed E-state index contributed by atoms with van der Waals surface area (Å²) in [7, 11) is 1.78. The molecule has 0 aliphatic heterocycles. The number of carbonyl (C=O) groups excluding carboxylic acids is 1. The van der Waals surface area contributed by atoms with Crippen LogP contribution in [0.15, 0.2) is 0 Å². The van der Waals surface area contributed by atoms with Crippen molar-refractivity contribution in [2.75, 3.05) is 20.1 Å². The van der Waals surface area contributed by atoms with Crippen LogP contribution in [-0.4, -0.2) is 32.2 Å². The van der Waals surface area contributed by atoms with E-state index < -0.39 is 12.6 Å². The molecule has 0 atom stereocenters. The molecule has 0 aromatic heterocycles. The Labute approximate surface area is 99.6 Å². The van der Waals surface area contributed by atoms with Crippen LogP contribution in [0.5, 0.6) is 0 Å². The molecule has 0 fully saturated rings. The van der Waals surface area contributed by atoms with E-state index in [-0.39, 0.29) is 31.3 Å². The van der Waals surface area contributed by atoms with Crippen LogP contribution in [0.1, 0.15) is 25.7 Å². The number of carbonyl (C=O) groups is 1. The number of hydrogen-bond donors (Lipinski definition) is 2. The fourth-order valence-electron chi connectivity index (χ4n) is 1.03. The Morgan fingerprint density at radius 3 is 2.31 bits per heavy atom. The fourth-order valence-corrected chi connectivity index (χ4v) is 1.03. The van der Waals surface area contributed by atoms with Crippen molar-refractivity contribution < 1.29 is 18.0 Å². The van der Waals surface area contributed by atoms with Gasteiger partial charge in [-0.1, -0.05) is 0 Å². The first-order valence-corrected chi connectivity index (χ1v) is 4.94. The lowest BCUT2D eigenvalue weighted by Crippen LogP contribution is -2.26. The van der Waals surface area contributed by atoms with E-state index in [0.29, 0.717) is 12.8 Å². The van der Waals surface area contributed by atoms with Crippen LogP contribution in [0.4, 0.5) is 13.2 Å². The summed E-state index contributed by atoms with van der Waals surface area (Å²) in [5.41, 5.74) is 0. The standard InChI is InChI=1S/C9H17F3N2O.ClH/c1-13-6-2-4-8(15)14-7-3-5-9(10,11)12;/h13H,2-7H2,1H3,(H,14,15);1H. The second-order valence-corrected chi connectivity index (χ2v) is 3.28. The molecular formula is C9H18ClF3N2O. The van der Waals surface area contributed by atoms with Crippen molar-refractivity contribution in [1.82, 2.24) is 10.6 Å². The lowest BCUT2D eigenvalue weighted by Gasteiger charge is -2.07. The van der Waals surface area contributed by atoms with Crippen molar-refractivity contribution in [1.29, 1.82) is 0 Å². The van der Waals surface area contributed by atoms with Gasteiger partial charge in [0.25, 0.3) is 0 Å². The number of nitrogens with one attached hydrogen (secondary N) is 2.